The topological polar surface area (TPSA) is 49.3 Å². The zero-order valence-electron chi connectivity index (χ0n) is 11.0. The molecule has 0 bridgehead atoms. The molecule has 3 rings (SSSR count). The zero-order valence-corrected chi connectivity index (χ0v) is 11.8. The Labute approximate surface area is 126 Å². The maximum Gasteiger partial charge on any atom is 0.260 e. The summed E-state index contributed by atoms with van der Waals surface area (Å²) in [6, 6.07) is 17.6. The molecule has 21 heavy (non-hydrogen) atoms. The zero-order chi connectivity index (χ0) is 14.8. The number of anilines is 1. The van der Waals surface area contributed by atoms with Gasteiger partial charge in [-0.05, 0) is 35.0 Å². The predicted octanol–water partition coefficient (Wildman–Crippen LogP) is 4.45. The minimum absolute atomic E-state index is 0.0479. The third kappa shape index (κ3) is 2.69. The van der Waals surface area contributed by atoms with Crippen molar-refractivity contribution in [1.82, 2.24) is 0 Å². The van der Waals surface area contributed by atoms with Crippen LogP contribution in [0.1, 0.15) is 10.4 Å². The summed E-state index contributed by atoms with van der Waals surface area (Å²) >= 11 is 5.90. The van der Waals surface area contributed by atoms with Crippen LogP contribution >= 0.6 is 11.6 Å². The first kappa shape index (κ1) is 13.5. The number of phenolic OH excluding ortho intramolecular Hbond substituents is 1. The molecule has 3 aromatic rings. The quantitative estimate of drug-likeness (QED) is 0.734. The molecule has 0 saturated heterocycles. The molecule has 1 amide bonds. The number of amides is 1. The van der Waals surface area contributed by atoms with Gasteiger partial charge in [-0.3, -0.25) is 4.79 Å². The maximum absolute atomic E-state index is 12.4. The molecule has 0 atom stereocenters. The summed E-state index contributed by atoms with van der Waals surface area (Å²) in [5.41, 5.74) is 0.841. The molecule has 0 aliphatic heterocycles. The molecule has 4 heteroatoms. The Morgan fingerprint density at radius 2 is 1.81 bits per heavy atom. The summed E-state index contributed by atoms with van der Waals surface area (Å²) in [5, 5.41) is 14.9. The van der Waals surface area contributed by atoms with Crippen LogP contribution in [-0.2, 0) is 0 Å². The van der Waals surface area contributed by atoms with Gasteiger partial charge in [0.05, 0.1) is 5.56 Å². The lowest BCUT2D eigenvalue weighted by atomic mass is 10.0. The number of carbonyl (C=O) groups excluding carboxylic acids is 1. The smallest absolute Gasteiger partial charge is 0.260 e. The third-order valence-electron chi connectivity index (χ3n) is 3.22. The molecule has 0 unspecified atom stereocenters. The van der Waals surface area contributed by atoms with Crippen molar-refractivity contribution in [3.63, 3.8) is 0 Å². The lowest BCUT2D eigenvalue weighted by molar-refractivity contribution is 0.102. The summed E-state index contributed by atoms with van der Waals surface area (Å²) < 4.78 is 0. The van der Waals surface area contributed by atoms with Gasteiger partial charge in [0.1, 0.15) is 5.75 Å². The molecule has 0 spiro atoms. The fourth-order valence-corrected chi connectivity index (χ4v) is 2.45. The summed E-state index contributed by atoms with van der Waals surface area (Å²) in [6.45, 7) is 0. The number of benzene rings is 3. The number of carbonyl (C=O) groups is 1. The fraction of sp³-hybridized carbons (Fsp3) is 0. The second kappa shape index (κ2) is 5.46. The molecule has 0 aliphatic carbocycles. The van der Waals surface area contributed by atoms with Crippen molar-refractivity contribution < 1.29 is 9.90 Å². The van der Waals surface area contributed by atoms with Crippen molar-refractivity contribution in [2.45, 2.75) is 0 Å². The van der Waals surface area contributed by atoms with Gasteiger partial charge in [-0.15, -0.1) is 0 Å². The van der Waals surface area contributed by atoms with E-state index in [2.05, 4.69) is 5.32 Å². The first-order valence-electron chi connectivity index (χ1n) is 6.43. The van der Waals surface area contributed by atoms with Gasteiger partial charge in [0.2, 0.25) is 0 Å². The number of hydrogen-bond donors (Lipinski definition) is 2. The standard InChI is InChI=1S/C17H12ClNO2/c18-12-5-3-6-13(10-12)19-17(21)16-14-7-2-1-4-11(14)8-9-15(16)20/h1-10,20H,(H,19,21). The number of rotatable bonds is 2. The summed E-state index contributed by atoms with van der Waals surface area (Å²) in [7, 11) is 0. The van der Waals surface area contributed by atoms with Gasteiger partial charge >= 0.3 is 0 Å². The fourth-order valence-electron chi connectivity index (χ4n) is 2.26. The molecule has 0 saturated carbocycles. The Morgan fingerprint density at radius 3 is 2.62 bits per heavy atom. The number of nitrogens with one attached hydrogen (secondary N) is 1. The number of halogens is 1. The molecule has 0 aliphatic rings. The van der Waals surface area contributed by atoms with E-state index in [1.54, 1.807) is 30.3 Å². The first-order valence-corrected chi connectivity index (χ1v) is 6.80. The molecule has 2 N–H and O–H groups in total. The van der Waals surface area contributed by atoms with Crippen LogP contribution in [0.15, 0.2) is 60.7 Å². The van der Waals surface area contributed by atoms with Gasteiger partial charge in [-0.25, -0.2) is 0 Å². The summed E-state index contributed by atoms with van der Waals surface area (Å²) in [5.74, 6) is -0.417. The lowest BCUT2D eigenvalue weighted by Gasteiger charge is -2.10. The minimum atomic E-state index is -0.369. The first-order chi connectivity index (χ1) is 10.1. The van der Waals surface area contributed by atoms with Crippen LogP contribution < -0.4 is 5.32 Å². The highest BCUT2D eigenvalue weighted by molar-refractivity contribution is 6.31. The van der Waals surface area contributed by atoms with Gasteiger partial charge < -0.3 is 10.4 Å². The molecule has 0 aromatic heterocycles. The van der Waals surface area contributed by atoms with Crippen molar-refractivity contribution >= 4 is 34.0 Å². The number of fused-ring (bicyclic) bond motifs is 1. The molecule has 0 fully saturated rings. The third-order valence-corrected chi connectivity index (χ3v) is 3.45. The second-order valence-electron chi connectivity index (χ2n) is 4.65. The molecule has 3 aromatic carbocycles. The molecular formula is C17H12ClNO2. The van der Waals surface area contributed by atoms with Gasteiger partial charge in [-0.1, -0.05) is 48.0 Å². The van der Waals surface area contributed by atoms with Crippen LogP contribution in [-0.4, -0.2) is 11.0 Å². The van der Waals surface area contributed by atoms with Crippen LogP contribution in [0.5, 0.6) is 5.75 Å². The normalized spacial score (nSPS) is 10.5. The Hall–Kier alpha value is -2.52. The molecule has 3 nitrogen and oxygen atoms in total. The van der Waals surface area contributed by atoms with E-state index in [1.165, 1.54) is 6.07 Å². The van der Waals surface area contributed by atoms with Gasteiger partial charge in [0.25, 0.3) is 5.91 Å². The highest BCUT2D eigenvalue weighted by Crippen LogP contribution is 2.28. The largest absolute Gasteiger partial charge is 0.507 e. The van der Waals surface area contributed by atoms with Crippen LogP contribution in [0.3, 0.4) is 0 Å². The average Bonchev–Trinajstić information content (AvgIpc) is 2.47. The highest BCUT2D eigenvalue weighted by atomic mass is 35.5. The summed E-state index contributed by atoms with van der Waals surface area (Å²) in [4.78, 5) is 12.4. The van der Waals surface area contributed by atoms with E-state index in [0.29, 0.717) is 16.1 Å². The van der Waals surface area contributed by atoms with E-state index in [1.807, 2.05) is 24.3 Å². The van der Waals surface area contributed by atoms with E-state index < -0.39 is 0 Å². The van der Waals surface area contributed by atoms with Crippen molar-refractivity contribution in [2.24, 2.45) is 0 Å². The predicted molar refractivity (Wildman–Crippen MR) is 85.0 cm³/mol. The van der Waals surface area contributed by atoms with Crippen molar-refractivity contribution in [1.29, 1.82) is 0 Å². The van der Waals surface area contributed by atoms with Crippen molar-refractivity contribution in [2.75, 3.05) is 5.32 Å². The van der Waals surface area contributed by atoms with Gasteiger partial charge in [-0.2, -0.15) is 0 Å². The molecule has 104 valence electrons. The average molecular weight is 298 g/mol. The second-order valence-corrected chi connectivity index (χ2v) is 5.08. The van der Waals surface area contributed by atoms with Crippen molar-refractivity contribution in [3.8, 4) is 5.75 Å². The lowest BCUT2D eigenvalue weighted by Crippen LogP contribution is -2.12. The van der Waals surface area contributed by atoms with Gasteiger partial charge in [0.15, 0.2) is 0 Å². The molecule has 0 radical (unpaired) electrons. The van der Waals surface area contributed by atoms with E-state index in [-0.39, 0.29) is 17.2 Å². The molecular weight excluding hydrogens is 286 g/mol. The van der Waals surface area contributed by atoms with E-state index in [4.69, 9.17) is 11.6 Å². The van der Waals surface area contributed by atoms with Crippen LogP contribution in [0.2, 0.25) is 5.02 Å². The van der Waals surface area contributed by atoms with E-state index in [0.717, 1.165) is 5.39 Å². The number of aromatic hydroxyl groups is 1. The Balaban J connectivity index is 2.03. The van der Waals surface area contributed by atoms with Crippen molar-refractivity contribution in [3.05, 3.63) is 71.2 Å². The Kier molecular flexibility index (Phi) is 3.50. The van der Waals surface area contributed by atoms with Crippen LogP contribution in [0, 0.1) is 0 Å². The molecule has 0 heterocycles. The number of hydrogen-bond acceptors (Lipinski definition) is 2. The summed E-state index contributed by atoms with van der Waals surface area (Å²) in [6.07, 6.45) is 0. The van der Waals surface area contributed by atoms with E-state index in [9.17, 15) is 9.90 Å². The monoisotopic (exact) mass is 297 g/mol. The van der Waals surface area contributed by atoms with E-state index >= 15 is 0 Å². The Bertz CT molecular complexity index is 830. The van der Waals surface area contributed by atoms with Crippen LogP contribution in [0.4, 0.5) is 5.69 Å². The highest BCUT2D eigenvalue weighted by Gasteiger charge is 2.15. The minimum Gasteiger partial charge on any atom is -0.507 e. The van der Waals surface area contributed by atoms with Gasteiger partial charge in [0, 0.05) is 10.7 Å². The Morgan fingerprint density at radius 1 is 1.00 bits per heavy atom. The SMILES string of the molecule is O=C(Nc1cccc(Cl)c1)c1c(O)ccc2ccccc12. The van der Waals surface area contributed by atoms with Crippen LogP contribution in [0.25, 0.3) is 10.8 Å². The number of phenols is 1. The maximum atomic E-state index is 12.4.